The molecule has 0 N–H and O–H groups in total. The molecule has 2 fully saturated rings. The molecule has 134 valence electrons. The van der Waals surface area contributed by atoms with Crippen molar-refractivity contribution in [1.82, 2.24) is 0 Å². The van der Waals surface area contributed by atoms with Gasteiger partial charge in [-0.05, 0) is 43.4 Å². The van der Waals surface area contributed by atoms with E-state index in [1.54, 1.807) is 0 Å². The van der Waals surface area contributed by atoms with Gasteiger partial charge in [0, 0.05) is 23.9 Å². The van der Waals surface area contributed by atoms with E-state index in [0.717, 1.165) is 19.3 Å². The Balaban J connectivity index is 1.67. The van der Waals surface area contributed by atoms with E-state index in [1.165, 1.54) is 6.42 Å². The molecular formula is C14H19F4O4S-. The molecule has 2 aliphatic rings. The first kappa shape index (κ1) is 18.6. The lowest BCUT2D eigenvalue weighted by Gasteiger charge is -2.27. The summed E-state index contributed by atoms with van der Waals surface area (Å²) in [7, 11) is 0. The van der Waals surface area contributed by atoms with Gasteiger partial charge in [-0.3, -0.25) is 9.00 Å². The van der Waals surface area contributed by atoms with Gasteiger partial charge in [-0.2, -0.15) is 17.6 Å². The number of hydrogen-bond acceptors (Lipinski definition) is 4. The van der Waals surface area contributed by atoms with E-state index in [2.05, 4.69) is 0 Å². The van der Waals surface area contributed by atoms with Crippen molar-refractivity contribution in [2.75, 3.05) is 6.61 Å². The van der Waals surface area contributed by atoms with Crippen LogP contribution in [0.15, 0.2) is 0 Å². The van der Waals surface area contributed by atoms with Gasteiger partial charge in [-0.15, -0.1) is 0 Å². The molecule has 0 saturated heterocycles. The second kappa shape index (κ2) is 7.04. The predicted octanol–water partition coefficient (Wildman–Crippen LogP) is 3.24. The first-order valence-corrected chi connectivity index (χ1v) is 8.71. The topological polar surface area (TPSA) is 66.4 Å². The molecule has 0 radical (unpaired) electrons. The monoisotopic (exact) mass is 359 g/mol. The Morgan fingerprint density at radius 2 is 1.91 bits per heavy atom. The van der Waals surface area contributed by atoms with Crippen LogP contribution in [-0.2, 0) is 20.6 Å². The molecule has 4 unspecified atom stereocenters. The third kappa shape index (κ3) is 4.23. The molecule has 9 heteroatoms. The first-order valence-electron chi connectivity index (χ1n) is 7.64. The molecule has 4 atom stereocenters. The van der Waals surface area contributed by atoms with Crippen molar-refractivity contribution in [2.24, 2.45) is 17.8 Å². The number of ether oxygens (including phenoxy) is 1. The number of alkyl halides is 4. The minimum Gasteiger partial charge on any atom is -0.768 e. The highest BCUT2D eigenvalue weighted by molar-refractivity contribution is 7.80. The number of halogens is 4. The Labute approximate surface area is 134 Å². The Morgan fingerprint density at radius 3 is 2.43 bits per heavy atom. The standard InChI is InChI=1S/C14H20F4O4S/c15-13(16,14(17,18)23(20)21)4-1-5-22-12(19)8-11-7-9-2-3-10(11)6-9/h9-11H,1-8H2,(H,20,21)/p-1. The van der Waals surface area contributed by atoms with Crippen molar-refractivity contribution in [3.8, 4) is 0 Å². The minimum atomic E-state index is -5.12. The zero-order valence-corrected chi connectivity index (χ0v) is 13.3. The fourth-order valence-corrected chi connectivity index (χ4v) is 3.99. The van der Waals surface area contributed by atoms with Crippen molar-refractivity contribution in [1.29, 1.82) is 0 Å². The molecule has 2 bridgehead atoms. The molecule has 2 aliphatic carbocycles. The highest BCUT2D eigenvalue weighted by atomic mass is 32.2. The molecule has 4 nitrogen and oxygen atoms in total. The Morgan fingerprint density at radius 1 is 1.22 bits per heavy atom. The predicted molar refractivity (Wildman–Crippen MR) is 72.6 cm³/mol. The second-order valence-corrected chi connectivity index (χ2v) is 7.40. The minimum absolute atomic E-state index is 0.234. The van der Waals surface area contributed by atoms with Gasteiger partial charge in [0.15, 0.2) is 0 Å². The van der Waals surface area contributed by atoms with Gasteiger partial charge in [0.2, 0.25) is 0 Å². The van der Waals surface area contributed by atoms with Crippen LogP contribution in [0.1, 0.15) is 44.9 Å². The summed E-state index contributed by atoms with van der Waals surface area (Å²) in [5.74, 6) is -3.72. The average molecular weight is 359 g/mol. The van der Waals surface area contributed by atoms with Gasteiger partial charge < -0.3 is 9.29 Å². The third-order valence-corrected chi connectivity index (χ3v) is 5.56. The molecule has 0 spiro atoms. The van der Waals surface area contributed by atoms with E-state index in [9.17, 15) is 31.1 Å². The van der Waals surface area contributed by atoms with Crippen molar-refractivity contribution in [3.05, 3.63) is 0 Å². The van der Waals surface area contributed by atoms with Gasteiger partial charge in [0.1, 0.15) is 0 Å². The third-order valence-electron chi connectivity index (χ3n) is 4.85. The van der Waals surface area contributed by atoms with Gasteiger partial charge in [-0.25, -0.2) is 0 Å². The summed E-state index contributed by atoms with van der Waals surface area (Å²) in [6.45, 7) is -0.420. The zero-order valence-electron chi connectivity index (χ0n) is 12.4. The van der Waals surface area contributed by atoms with Crippen LogP contribution < -0.4 is 0 Å². The van der Waals surface area contributed by atoms with E-state index in [0.29, 0.717) is 11.8 Å². The van der Waals surface area contributed by atoms with Gasteiger partial charge >= 0.3 is 17.1 Å². The molecule has 0 aromatic carbocycles. The summed E-state index contributed by atoms with van der Waals surface area (Å²) in [5, 5.41) is -5.12. The van der Waals surface area contributed by atoms with Crippen LogP contribution in [0.25, 0.3) is 0 Å². The Bertz CT molecular complexity index is 472. The quantitative estimate of drug-likeness (QED) is 0.289. The van der Waals surface area contributed by atoms with E-state index >= 15 is 0 Å². The number of hydrogen-bond donors (Lipinski definition) is 0. The highest BCUT2D eigenvalue weighted by Gasteiger charge is 2.56. The van der Waals surface area contributed by atoms with Crippen LogP contribution in [0.5, 0.6) is 0 Å². The van der Waals surface area contributed by atoms with Crippen LogP contribution in [0.2, 0.25) is 0 Å². The normalized spacial score (nSPS) is 28.8. The van der Waals surface area contributed by atoms with Crippen molar-refractivity contribution in [3.63, 3.8) is 0 Å². The summed E-state index contributed by atoms with van der Waals surface area (Å²) < 4.78 is 76.9. The van der Waals surface area contributed by atoms with E-state index in [-0.39, 0.29) is 12.3 Å². The molecular weight excluding hydrogens is 340 g/mol. The number of carbonyl (C=O) groups excluding carboxylic acids is 1. The molecule has 23 heavy (non-hydrogen) atoms. The van der Waals surface area contributed by atoms with Crippen LogP contribution in [-0.4, -0.2) is 32.5 Å². The average Bonchev–Trinajstić information content (AvgIpc) is 3.05. The number of carbonyl (C=O) groups is 1. The smallest absolute Gasteiger partial charge is 0.371 e. The summed E-state index contributed by atoms with van der Waals surface area (Å²) in [5.41, 5.74) is 0. The maximum atomic E-state index is 13.1. The van der Waals surface area contributed by atoms with Crippen LogP contribution >= 0.6 is 0 Å². The molecule has 0 heterocycles. The summed E-state index contributed by atoms with van der Waals surface area (Å²) >= 11 is -4.21. The number of rotatable bonds is 8. The zero-order chi connectivity index (χ0) is 17.3. The van der Waals surface area contributed by atoms with Crippen molar-refractivity contribution in [2.45, 2.75) is 56.1 Å². The van der Waals surface area contributed by atoms with E-state index < -0.39 is 47.7 Å². The summed E-state index contributed by atoms with van der Waals surface area (Å²) in [6.07, 6.45) is 2.76. The fraction of sp³-hybridized carbons (Fsp3) is 0.929. The lowest BCUT2D eigenvalue weighted by atomic mass is 9.86. The van der Waals surface area contributed by atoms with Crippen LogP contribution in [0, 0.1) is 17.8 Å². The molecule has 0 aromatic rings. The van der Waals surface area contributed by atoms with E-state index in [4.69, 9.17) is 4.74 Å². The van der Waals surface area contributed by atoms with Crippen molar-refractivity contribution < 1.29 is 35.9 Å². The second-order valence-electron chi connectivity index (χ2n) is 6.42. The van der Waals surface area contributed by atoms with Gasteiger partial charge in [0.05, 0.1) is 6.61 Å². The maximum absolute atomic E-state index is 13.1. The molecule has 0 aromatic heterocycles. The largest absolute Gasteiger partial charge is 0.768 e. The Kier molecular flexibility index (Phi) is 5.71. The van der Waals surface area contributed by atoms with Crippen LogP contribution in [0.4, 0.5) is 17.6 Å². The van der Waals surface area contributed by atoms with Crippen molar-refractivity contribution >= 4 is 17.0 Å². The SMILES string of the molecule is O=C(CC1CC2CCC1C2)OCCCC(F)(F)C(F)(F)S(=O)[O-]. The molecule has 0 aliphatic heterocycles. The lowest BCUT2D eigenvalue weighted by molar-refractivity contribution is -0.165. The number of esters is 1. The van der Waals surface area contributed by atoms with Crippen LogP contribution in [0.3, 0.4) is 0 Å². The van der Waals surface area contributed by atoms with E-state index in [1.807, 2.05) is 0 Å². The fourth-order valence-electron chi connectivity index (χ4n) is 3.65. The molecule has 0 amide bonds. The molecule has 2 rings (SSSR count). The summed E-state index contributed by atoms with van der Waals surface area (Å²) in [6, 6.07) is 0. The first-order chi connectivity index (χ1) is 10.6. The van der Waals surface area contributed by atoms with Gasteiger partial charge in [0.25, 0.3) is 0 Å². The maximum Gasteiger partial charge on any atom is 0.371 e. The summed E-state index contributed by atoms with van der Waals surface area (Å²) in [4.78, 5) is 11.6. The lowest BCUT2D eigenvalue weighted by Crippen LogP contribution is -2.44. The highest BCUT2D eigenvalue weighted by Crippen LogP contribution is 2.49. The Hall–Kier alpha value is -0.700. The van der Waals surface area contributed by atoms with Gasteiger partial charge in [-0.1, -0.05) is 6.42 Å². The number of fused-ring (bicyclic) bond motifs is 2. The molecule has 2 saturated carbocycles.